The monoisotopic (exact) mass is 427 g/mol. The molecule has 2 heterocycles. The third-order valence-corrected chi connectivity index (χ3v) is 6.93. The van der Waals surface area contributed by atoms with Crippen molar-refractivity contribution in [2.24, 2.45) is 13.0 Å². The summed E-state index contributed by atoms with van der Waals surface area (Å²) in [4.78, 5) is 31.5. The Morgan fingerprint density at radius 1 is 1.27 bits per heavy atom. The average molecular weight is 428 g/mol. The van der Waals surface area contributed by atoms with E-state index in [4.69, 9.17) is 0 Å². The van der Waals surface area contributed by atoms with Crippen LogP contribution in [0.3, 0.4) is 0 Å². The summed E-state index contributed by atoms with van der Waals surface area (Å²) in [5, 5.41) is 0.103. The maximum Gasteiger partial charge on any atom is 0.186 e. The van der Waals surface area contributed by atoms with E-state index in [9.17, 15) is 14.0 Å². The second-order valence-corrected chi connectivity index (χ2v) is 9.45. The van der Waals surface area contributed by atoms with Gasteiger partial charge in [0.1, 0.15) is 11.6 Å². The number of Topliss-reactive ketones (excluding diaryl/α,β-unsaturated/α-hetero) is 1. The van der Waals surface area contributed by atoms with Crippen molar-refractivity contribution in [2.45, 2.75) is 37.5 Å². The van der Waals surface area contributed by atoms with Gasteiger partial charge in [-0.15, -0.1) is 0 Å². The highest BCUT2D eigenvalue weighted by atomic mass is 32.2. The number of piperidine rings is 1. The molecule has 0 bridgehead atoms. The molecule has 1 aromatic heterocycles. The van der Waals surface area contributed by atoms with Crippen LogP contribution >= 0.6 is 11.8 Å². The molecule has 158 valence electrons. The Labute approximate surface area is 180 Å². The molecule has 30 heavy (non-hydrogen) atoms. The first kappa shape index (κ1) is 21.0. The Morgan fingerprint density at radius 3 is 2.67 bits per heavy atom. The van der Waals surface area contributed by atoms with Crippen LogP contribution in [0.25, 0.3) is 6.08 Å². The van der Waals surface area contributed by atoms with Crippen molar-refractivity contribution < 1.29 is 14.0 Å². The maximum absolute atomic E-state index is 14.7. The predicted octanol–water partition coefficient (Wildman–Crippen LogP) is 4.02. The van der Waals surface area contributed by atoms with Crippen LogP contribution in [0.2, 0.25) is 0 Å². The van der Waals surface area contributed by atoms with Crippen molar-refractivity contribution in [3.05, 3.63) is 59.4 Å². The number of aryl methyl sites for hydroxylation is 1. The number of aromatic nitrogens is 2. The third kappa shape index (κ3) is 4.57. The summed E-state index contributed by atoms with van der Waals surface area (Å²) >= 11 is 1.32. The van der Waals surface area contributed by atoms with Gasteiger partial charge in [-0.3, -0.25) is 14.5 Å². The standard InChI is InChI=1S/C23H26FN3O2S/c1-15(28)30-20-9-11-27(14-17(20)13-21-25-10-12-26(21)2)22(23(29)16-7-8-16)18-5-3-4-6-19(18)24/h3-6,10,12-13,16,20,22H,7-9,11,14H2,1-2H3/b17-13-. The van der Waals surface area contributed by atoms with E-state index >= 15 is 0 Å². The number of ketones is 1. The van der Waals surface area contributed by atoms with Gasteiger partial charge in [0.05, 0.1) is 6.04 Å². The van der Waals surface area contributed by atoms with Crippen LogP contribution in [0.4, 0.5) is 4.39 Å². The van der Waals surface area contributed by atoms with Crippen LogP contribution < -0.4 is 0 Å². The lowest BCUT2D eigenvalue weighted by atomic mass is 9.93. The molecule has 2 aromatic rings. The minimum atomic E-state index is -0.591. The zero-order valence-corrected chi connectivity index (χ0v) is 18.1. The maximum atomic E-state index is 14.7. The van der Waals surface area contributed by atoms with E-state index in [0.717, 1.165) is 30.7 Å². The number of carbonyl (C=O) groups is 2. The SMILES string of the molecule is CC(=O)SC1CCN(C(C(=O)C2CC2)c2ccccc2F)C/C1=C/c1nccn1C. The van der Waals surface area contributed by atoms with E-state index in [0.29, 0.717) is 18.7 Å². The first-order chi connectivity index (χ1) is 14.4. The zero-order chi connectivity index (χ0) is 21.3. The number of hydrogen-bond donors (Lipinski definition) is 0. The van der Waals surface area contributed by atoms with Crippen molar-refractivity contribution in [3.8, 4) is 0 Å². The highest BCUT2D eigenvalue weighted by molar-refractivity contribution is 8.14. The van der Waals surface area contributed by atoms with Crippen molar-refractivity contribution in [1.29, 1.82) is 0 Å². The van der Waals surface area contributed by atoms with Gasteiger partial charge in [0.2, 0.25) is 0 Å². The lowest BCUT2D eigenvalue weighted by Crippen LogP contribution is -2.43. The summed E-state index contributed by atoms with van der Waals surface area (Å²) in [7, 11) is 1.92. The molecule has 1 aromatic carbocycles. The molecule has 1 saturated carbocycles. The van der Waals surface area contributed by atoms with Gasteiger partial charge in [0, 0.05) is 56.2 Å². The summed E-state index contributed by atoms with van der Waals surface area (Å²) in [5.74, 6) is 0.596. The zero-order valence-electron chi connectivity index (χ0n) is 17.3. The molecular weight excluding hydrogens is 401 g/mol. The van der Waals surface area contributed by atoms with Gasteiger partial charge in [-0.05, 0) is 37.0 Å². The number of carbonyl (C=O) groups excluding carboxylic acids is 2. The Kier molecular flexibility index (Phi) is 6.20. The molecule has 0 radical (unpaired) electrons. The first-order valence-electron chi connectivity index (χ1n) is 10.3. The van der Waals surface area contributed by atoms with E-state index < -0.39 is 6.04 Å². The Bertz CT molecular complexity index is 982. The summed E-state index contributed by atoms with van der Waals surface area (Å²) < 4.78 is 16.6. The molecule has 1 saturated heterocycles. The third-order valence-electron chi connectivity index (χ3n) is 5.77. The number of nitrogens with zero attached hydrogens (tertiary/aromatic N) is 3. The number of thioether (sulfide) groups is 1. The van der Waals surface area contributed by atoms with Gasteiger partial charge in [-0.1, -0.05) is 30.0 Å². The van der Waals surface area contributed by atoms with Crippen molar-refractivity contribution in [2.75, 3.05) is 13.1 Å². The molecule has 2 aliphatic rings. The molecule has 2 unspecified atom stereocenters. The van der Waals surface area contributed by atoms with E-state index in [-0.39, 0.29) is 27.9 Å². The first-order valence-corrected chi connectivity index (χ1v) is 11.2. The molecule has 4 rings (SSSR count). The molecule has 0 N–H and O–H groups in total. The second-order valence-electron chi connectivity index (χ2n) is 8.07. The Hall–Kier alpha value is -2.25. The minimum Gasteiger partial charge on any atom is -0.335 e. The fourth-order valence-corrected chi connectivity index (χ4v) is 5.00. The van der Waals surface area contributed by atoms with Gasteiger partial charge >= 0.3 is 0 Å². The predicted molar refractivity (Wildman–Crippen MR) is 116 cm³/mol. The van der Waals surface area contributed by atoms with E-state index in [1.807, 2.05) is 23.9 Å². The number of hydrogen-bond acceptors (Lipinski definition) is 5. The molecular formula is C23H26FN3O2S. The van der Waals surface area contributed by atoms with E-state index in [1.54, 1.807) is 31.3 Å². The van der Waals surface area contributed by atoms with Crippen molar-refractivity contribution in [1.82, 2.24) is 14.5 Å². The highest BCUT2D eigenvalue weighted by Gasteiger charge is 2.41. The van der Waals surface area contributed by atoms with Crippen LogP contribution in [0, 0.1) is 11.7 Å². The van der Waals surface area contributed by atoms with Gasteiger partial charge < -0.3 is 4.57 Å². The number of imidazole rings is 1. The molecule has 0 amide bonds. The van der Waals surface area contributed by atoms with Crippen LogP contribution in [-0.4, -0.2) is 43.7 Å². The highest BCUT2D eigenvalue weighted by Crippen LogP contribution is 2.40. The lowest BCUT2D eigenvalue weighted by molar-refractivity contribution is -0.126. The number of likely N-dealkylation sites (tertiary alicyclic amines) is 1. The van der Waals surface area contributed by atoms with E-state index in [1.165, 1.54) is 17.8 Å². The molecule has 2 atom stereocenters. The fourth-order valence-electron chi connectivity index (χ4n) is 4.08. The lowest BCUT2D eigenvalue weighted by Gasteiger charge is -2.38. The largest absolute Gasteiger partial charge is 0.335 e. The number of benzene rings is 1. The Morgan fingerprint density at radius 2 is 2.03 bits per heavy atom. The molecule has 1 aliphatic carbocycles. The number of halogens is 1. The molecule has 7 heteroatoms. The quantitative estimate of drug-likeness (QED) is 0.697. The number of rotatable bonds is 6. The van der Waals surface area contributed by atoms with Gasteiger partial charge in [0.15, 0.2) is 10.9 Å². The molecule has 2 fully saturated rings. The van der Waals surface area contributed by atoms with Gasteiger partial charge in [-0.25, -0.2) is 9.37 Å². The fraction of sp³-hybridized carbons (Fsp3) is 0.435. The van der Waals surface area contributed by atoms with Crippen LogP contribution in [0.5, 0.6) is 0 Å². The molecule has 0 spiro atoms. The topological polar surface area (TPSA) is 55.2 Å². The van der Waals surface area contributed by atoms with Crippen LogP contribution in [0.15, 0.2) is 42.2 Å². The van der Waals surface area contributed by atoms with Crippen molar-refractivity contribution in [3.63, 3.8) is 0 Å². The summed E-state index contributed by atoms with van der Waals surface area (Å²) in [6.07, 6.45) is 8.11. The Balaban J connectivity index is 1.68. The van der Waals surface area contributed by atoms with Gasteiger partial charge in [-0.2, -0.15) is 0 Å². The van der Waals surface area contributed by atoms with Gasteiger partial charge in [0.25, 0.3) is 0 Å². The van der Waals surface area contributed by atoms with Crippen LogP contribution in [-0.2, 0) is 16.6 Å². The molecule has 1 aliphatic heterocycles. The average Bonchev–Trinajstić information content (AvgIpc) is 3.48. The summed E-state index contributed by atoms with van der Waals surface area (Å²) in [6.45, 7) is 2.73. The van der Waals surface area contributed by atoms with E-state index in [2.05, 4.69) is 9.88 Å². The molecule has 5 nitrogen and oxygen atoms in total. The normalized spacial score (nSPS) is 22.2. The van der Waals surface area contributed by atoms with Crippen molar-refractivity contribution >= 4 is 28.7 Å². The second kappa shape index (κ2) is 8.86. The smallest absolute Gasteiger partial charge is 0.186 e. The van der Waals surface area contributed by atoms with Crippen LogP contribution in [0.1, 0.15) is 43.6 Å². The minimum absolute atomic E-state index is 0.0286. The summed E-state index contributed by atoms with van der Waals surface area (Å²) in [6, 6.07) is 5.99. The summed E-state index contributed by atoms with van der Waals surface area (Å²) in [5.41, 5.74) is 1.49.